The van der Waals surface area contributed by atoms with Gasteiger partial charge in [0.05, 0.1) is 20.1 Å². The summed E-state index contributed by atoms with van der Waals surface area (Å²) in [5.74, 6) is 1.53. The lowest BCUT2D eigenvalue weighted by Gasteiger charge is -2.11. The third-order valence-electron chi connectivity index (χ3n) is 3.41. The molecular weight excluding hydrogens is 292 g/mol. The zero-order valence-electron chi connectivity index (χ0n) is 13.8. The molecule has 2 aromatic carbocycles. The van der Waals surface area contributed by atoms with Gasteiger partial charge >= 0.3 is 5.97 Å². The Balaban J connectivity index is 1.98. The van der Waals surface area contributed by atoms with E-state index in [0.717, 1.165) is 16.9 Å². The molecule has 0 radical (unpaired) electrons. The van der Waals surface area contributed by atoms with Crippen molar-refractivity contribution < 1.29 is 19.0 Å². The highest BCUT2D eigenvalue weighted by Gasteiger charge is 2.12. The topological polar surface area (TPSA) is 44.8 Å². The minimum absolute atomic E-state index is 0.279. The first-order valence-corrected chi connectivity index (χ1v) is 7.70. The molecule has 0 unspecified atom stereocenters. The minimum atomic E-state index is -0.293. The number of carbonyl (C=O) groups excluding carboxylic acids is 1. The van der Waals surface area contributed by atoms with Gasteiger partial charge in [0.1, 0.15) is 5.75 Å². The lowest BCUT2D eigenvalue weighted by molar-refractivity contribution is -0.134. The quantitative estimate of drug-likeness (QED) is 0.573. The van der Waals surface area contributed by atoms with Crippen LogP contribution in [0.2, 0.25) is 0 Å². The fraction of sp³-hybridized carbons (Fsp3) is 0.316. The number of para-hydroxylation sites is 1. The number of hydrogen-bond donors (Lipinski definition) is 0. The van der Waals surface area contributed by atoms with Crippen LogP contribution in [0.5, 0.6) is 17.2 Å². The van der Waals surface area contributed by atoms with Crippen molar-refractivity contribution in [3.8, 4) is 17.2 Å². The van der Waals surface area contributed by atoms with Gasteiger partial charge in [-0.05, 0) is 49.6 Å². The molecular formula is C19H22O4. The van der Waals surface area contributed by atoms with Crippen molar-refractivity contribution in [2.45, 2.75) is 26.7 Å². The molecule has 2 aromatic rings. The van der Waals surface area contributed by atoms with Gasteiger partial charge in [-0.15, -0.1) is 0 Å². The molecule has 0 N–H and O–H groups in total. The molecule has 23 heavy (non-hydrogen) atoms. The molecule has 0 amide bonds. The zero-order chi connectivity index (χ0) is 16.7. The summed E-state index contributed by atoms with van der Waals surface area (Å²) in [6.07, 6.45) is 0.851. The summed E-state index contributed by atoms with van der Waals surface area (Å²) in [5.41, 5.74) is 2.05. The maximum Gasteiger partial charge on any atom is 0.311 e. The summed E-state index contributed by atoms with van der Waals surface area (Å²) in [4.78, 5) is 12.1. The Morgan fingerprint density at radius 3 is 2.57 bits per heavy atom. The first kappa shape index (κ1) is 16.9. The van der Waals surface area contributed by atoms with Crippen LogP contribution in [0.25, 0.3) is 0 Å². The van der Waals surface area contributed by atoms with Crippen LogP contribution in [-0.2, 0) is 11.2 Å². The average molecular weight is 314 g/mol. The van der Waals surface area contributed by atoms with Crippen molar-refractivity contribution in [1.29, 1.82) is 0 Å². The summed E-state index contributed by atoms with van der Waals surface area (Å²) < 4.78 is 16.2. The van der Waals surface area contributed by atoms with Gasteiger partial charge in [-0.3, -0.25) is 4.79 Å². The molecule has 122 valence electrons. The summed E-state index contributed by atoms with van der Waals surface area (Å²) in [5, 5.41) is 0. The molecule has 0 aliphatic rings. The number of benzene rings is 2. The predicted molar refractivity (Wildman–Crippen MR) is 89.3 cm³/mol. The predicted octanol–water partition coefficient (Wildman–Crippen LogP) is 3.94. The number of rotatable bonds is 7. The first-order chi connectivity index (χ1) is 11.1. The fourth-order valence-electron chi connectivity index (χ4n) is 2.28. The van der Waals surface area contributed by atoms with Crippen LogP contribution < -0.4 is 14.2 Å². The molecule has 0 saturated heterocycles. The van der Waals surface area contributed by atoms with E-state index in [4.69, 9.17) is 14.2 Å². The van der Waals surface area contributed by atoms with E-state index < -0.39 is 0 Å². The van der Waals surface area contributed by atoms with Gasteiger partial charge < -0.3 is 14.2 Å². The van der Waals surface area contributed by atoms with Crippen molar-refractivity contribution in [2.24, 2.45) is 0 Å². The van der Waals surface area contributed by atoms with Crippen molar-refractivity contribution in [3.05, 3.63) is 53.6 Å². The molecule has 0 aromatic heterocycles. The maximum atomic E-state index is 12.1. The van der Waals surface area contributed by atoms with Gasteiger partial charge in [-0.1, -0.05) is 24.3 Å². The SMILES string of the molecule is CCOc1ccccc1CCC(=O)Oc1ccc(C)cc1OC. The van der Waals surface area contributed by atoms with Crippen LogP contribution in [0.4, 0.5) is 0 Å². The Bertz CT molecular complexity index is 664. The highest BCUT2D eigenvalue weighted by Crippen LogP contribution is 2.28. The Hall–Kier alpha value is -2.49. The van der Waals surface area contributed by atoms with Gasteiger partial charge in [0.25, 0.3) is 0 Å². The Labute approximate surface area is 137 Å². The van der Waals surface area contributed by atoms with Gasteiger partial charge in [0.15, 0.2) is 11.5 Å². The monoisotopic (exact) mass is 314 g/mol. The van der Waals surface area contributed by atoms with Gasteiger partial charge in [0.2, 0.25) is 0 Å². The van der Waals surface area contributed by atoms with Crippen LogP contribution in [0.1, 0.15) is 24.5 Å². The van der Waals surface area contributed by atoms with Crippen molar-refractivity contribution in [3.63, 3.8) is 0 Å². The minimum Gasteiger partial charge on any atom is -0.494 e. The summed E-state index contributed by atoms with van der Waals surface area (Å²) in [6.45, 7) is 4.50. The molecule has 0 aliphatic carbocycles. The summed E-state index contributed by atoms with van der Waals surface area (Å²) >= 11 is 0. The molecule has 0 spiro atoms. The number of aryl methyl sites for hydroxylation is 2. The fourth-order valence-corrected chi connectivity index (χ4v) is 2.28. The highest BCUT2D eigenvalue weighted by molar-refractivity contribution is 5.73. The van der Waals surface area contributed by atoms with Gasteiger partial charge in [-0.25, -0.2) is 0 Å². The van der Waals surface area contributed by atoms with Crippen LogP contribution in [0.3, 0.4) is 0 Å². The molecule has 0 fully saturated rings. The molecule has 2 rings (SSSR count). The number of methoxy groups -OCH3 is 1. The number of hydrogen-bond acceptors (Lipinski definition) is 4. The number of carbonyl (C=O) groups is 1. The van der Waals surface area contributed by atoms with Crippen LogP contribution in [0, 0.1) is 6.92 Å². The van der Waals surface area contributed by atoms with E-state index in [1.807, 2.05) is 50.2 Å². The smallest absolute Gasteiger partial charge is 0.311 e. The van der Waals surface area contributed by atoms with E-state index >= 15 is 0 Å². The molecule has 0 bridgehead atoms. The zero-order valence-corrected chi connectivity index (χ0v) is 13.8. The standard InChI is InChI=1S/C19H22O4/c1-4-22-16-8-6-5-7-15(16)10-12-19(20)23-17-11-9-14(2)13-18(17)21-3/h5-9,11,13H,4,10,12H2,1-3H3. The van der Waals surface area contributed by atoms with Crippen molar-refractivity contribution in [2.75, 3.05) is 13.7 Å². The Morgan fingerprint density at radius 2 is 1.83 bits per heavy atom. The molecule has 0 atom stereocenters. The van der Waals surface area contributed by atoms with E-state index in [2.05, 4.69) is 0 Å². The first-order valence-electron chi connectivity index (χ1n) is 7.70. The molecule has 4 nitrogen and oxygen atoms in total. The molecule has 0 heterocycles. The van der Waals surface area contributed by atoms with Crippen LogP contribution >= 0.6 is 0 Å². The average Bonchev–Trinajstić information content (AvgIpc) is 2.56. The third-order valence-corrected chi connectivity index (χ3v) is 3.41. The number of esters is 1. The second-order valence-corrected chi connectivity index (χ2v) is 5.17. The van der Waals surface area contributed by atoms with Crippen molar-refractivity contribution in [1.82, 2.24) is 0 Å². The molecule has 0 saturated carbocycles. The Kier molecular flexibility index (Phi) is 6.03. The maximum absolute atomic E-state index is 12.1. The van der Waals surface area contributed by atoms with E-state index in [0.29, 0.717) is 24.5 Å². The third kappa shape index (κ3) is 4.74. The van der Waals surface area contributed by atoms with Crippen LogP contribution in [-0.4, -0.2) is 19.7 Å². The second-order valence-electron chi connectivity index (χ2n) is 5.17. The number of ether oxygens (including phenoxy) is 3. The van der Waals surface area contributed by atoms with Crippen molar-refractivity contribution >= 4 is 5.97 Å². The Morgan fingerprint density at radius 1 is 1.04 bits per heavy atom. The normalized spacial score (nSPS) is 10.2. The molecule has 4 heteroatoms. The highest BCUT2D eigenvalue weighted by atomic mass is 16.6. The lowest BCUT2D eigenvalue weighted by atomic mass is 10.1. The lowest BCUT2D eigenvalue weighted by Crippen LogP contribution is -2.10. The molecule has 0 aliphatic heterocycles. The summed E-state index contributed by atoms with van der Waals surface area (Å²) in [6, 6.07) is 13.2. The summed E-state index contributed by atoms with van der Waals surface area (Å²) in [7, 11) is 1.56. The van der Waals surface area contributed by atoms with Crippen LogP contribution in [0.15, 0.2) is 42.5 Å². The van der Waals surface area contributed by atoms with E-state index in [9.17, 15) is 4.79 Å². The second kappa shape index (κ2) is 8.22. The van der Waals surface area contributed by atoms with Gasteiger partial charge in [0, 0.05) is 0 Å². The van der Waals surface area contributed by atoms with E-state index in [1.54, 1.807) is 13.2 Å². The van der Waals surface area contributed by atoms with E-state index in [1.165, 1.54) is 0 Å². The largest absolute Gasteiger partial charge is 0.494 e. The van der Waals surface area contributed by atoms with E-state index in [-0.39, 0.29) is 12.4 Å². The van der Waals surface area contributed by atoms with Gasteiger partial charge in [-0.2, -0.15) is 0 Å².